The van der Waals surface area contributed by atoms with E-state index in [1.165, 1.54) is 64.5 Å². The summed E-state index contributed by atoms with van der Waals surface area (Å²) in [5.41, 5.74) is 0. The molecule has 0 bridgehead atoms. The predicted molar refractivity (Wildman–Crippen MR) is 89.6 cm³/mol. The quantitative estimate of drug-likeness (QED) is 0.678. The number of piperidine rings is 1. The summed E-state index contributed by atoms with van der Waals surface area (Å²) in [5.74, 6) is 3.91. The van der Waals surface area contributed by atoms with Gasteiger partial charge in [-0.3, -0.25) is 4.90 Å². The standard InChI is InChI=1S/C20H34FN/c21-17-10-7-15(8-11-17)14-22-13-3-6-19-18-5-2-1-4-16(18)9-12-20(19)22/h15-20H,1-14H2. The highest BCUT2D eigenvalue weighted by Gasteiger charge is 2.44. The molecule has 0 N–H and O–H groups in total. The predicted octanol–water partition coefficient (Wildman–Crippen LogP) is 5.20. The third-order valence-corrected chi connectivity index (χ3v) is 7.57. The summed E-state index contributed by atoms with van der Waals surface area (Å²) in [6, 6.07) is 0.885. The third kappa shape index (κ3) is 3.09. The van der Waals surface area contributed by atoms with E-state index in [0.29, 0.717) is 0 Å². The maximum absolute atomic E-state index is 13.4. The van der Waals surface area contributed by atoms with Crippen LogP contribution >= 0.6 is 0 Å². The molecule has 0 spiro atoms. The Morgan fingerprint density at radius 1 is 0.727 bits per heavy atom. The molecule has 0 aromatic carbocycles. The Labute approximate surface area is 136 Å². The molecule has 0 aromatic heterocycles. The zero-order chi connectivity index (χ0) is 14.9. The van der Waals surface area contributed by atoms with E-state index in [-0.39, 0.29) is 0 Å². The summed E-state index contributed by atoms with van der Waals surface area (Å²) in [5, 5.41) is 0. The van der Waals surface area contributed by atoms with Crippen molar-refractivity contribution in [3.63, 3.8) is 0 Å². The largest absolute Gasteiger partial charge is 0.300 e. The van der Waals surface area contributed by atoms with E-state index in [2.05, 4.69) is 4.90 Å². The lowest BCUT2D eigenvalue weighted by Gasteiger charge is -2.52. The Bertz CT molecular complexity index is 363. The fourth-order valence-corrected chi connectivity index (χ4v) is 6.46. The van der Waals surface area contributed by atoms with Gasteiger partial charge in [-0.2, -0.15) is 0 Å². The van der Waals surface area contributed by atoms with E-state index in [9.17, 15) is 4.39 Å². The number of hydrogen-bond donors (Lipinski definition) is 0. The van der Waals surface area contributed by atoms with Gasteiger partial charge in [-0.25, -0.2) is 4.39 Å². The minimum atomic E-state index is -0.497. The Morgan fingerprint density at radius 3 is 2.36 bits per heavy atom. The van der Waals surface area contributed by atoms with Crippen LogP contribution in [0, 0.1) is 23.7 Å². The van der Waals surface area contributed by atoms with Gasteiger partial charge in [0.15, 0.2) is 0 Å². The van der Waals surface area contributed by atoms with Gasteiger partial charge in [0.25, 0.3) is 0 Å². The number of alkyl halides is 1. The average Bonchev–Trinajstić information content (AvgIpc) is 2.57. The summed E-state index contributed by atoms with van der Waals surface area (Å²) in [4.78, 5) is 2.86. The van der Waals surface area contributed by atoms with Gasteiger partial charge < -0.3 is 0 Å². The van der Waals surface area contributed by atoms with Crippen molar-refractivity contribution < 1.29 is 4.39 Å². The van der Waals surface area contributed by atoms with E-state index in [0.717, 1.165) is 55.4 Å². The van der Waals surface area contributed by atoms with Crippen molar-refractivity contribution in [2.45, 2.75) is 89.3 Å². The van der Waals surface area contributed by atoms with Crippen molar-refractivity contribution in [1.29, 1.82) is 0 Å². The zero-order valence-electron chi connectivity index (χ0n) is 14.2. The van der Waals surface area contributed by atoms with Gasteiger partial charge in [0.1, 0.15) is 6.17 Å². The maximum atomic E-state index is 13.4. The number of rotatable bonds is 2. The van der Waals surface area contributed by atoms with Crippen molar-refractivity contribution in [2.24, 2.45) is 23.7 Å². The molecule has 3 saturated carbocycles. The van der Waals surface area contributed by atoms with Crippen LogP contribution in [0.1, 0.15) is 77.0 Å². The van der Waals surface area contributed by atoms with Crippen LogP contribution in [-0.4, -0.2) is 30.2 Å². The second kappa shape index (κ2) is 6.79. The van der Waals surface area contributed by atoms with Crippen LogP contribution in [0.25, 0.3) is 0 Å². The molecule has 2 heteroatoms. The number of likely N-dealkylation sites (tertiary alicyclic amines) is 1. The molecule has 4 atom stereocenters. The average molecular weight is 307 g/mol. The monoisotopic (exact) mass is 307 g/mol. The van der Waals surface area contributed by atoms with Crippen molar-refractivity contribution >= 4 is 0 Å². The van der Waals surface area contributed by atoms with E-state index < -0.39 is 6.17 Å². The molecule has 3 aliphatic carbocycles. The number of fused-ring (bicyclic) bond motifs is 3. The van der Waals surface area contributed by atoms with E-state index >= 15 is 0 Å². The summed E-state index contributed by atoms with van der Waals surface area (Å²) >= 11 is 0. The van der Waals surface area contributed by atoms with Crippen molar-refractivity contribution in [3.8, 4) is 0 Å². The molecular weight excluding hydrogens is 273 g/mol. The summed E-state index contributed by atoms with van der Waals surface area (Å²) in [7, 11) is 0. The van der Waals surface area contributed by atoms with Gasteiger partial charge in [-0.15, -0.1) is 0 Å². The van der Waals surface area contributed by atoms with Crippen molar-refractivity contribution in [2.75, 3.05) is 13.1 Å². The molecule has 1 saturated heterocycles. The molecule has 4 unspecified atom stereocenters. The van der Waals surface area contributed by atoms with Crippen LogP contribution in [0.3, 0.4) is 0 Å². The van der Waals surface area contributed by atoms with Crippen LogP contribution in [0.15, 0.2) is 0 Å². The van der Waals surface area contributed by atoms with E-state index in [4.69, 9.17) is 0 Å². The summed E-state index contributed by atoms with van der Waals surface area (Å²) in [6.45, 7) is 2.61. The smallest absolute Gasteiger partial charge is 0.100 e. The highest BCUT2D eigenvalue weighted by Crippen LogP contribution is 2.48. The Balaban J connectivity index is 1.39. The molecule has 1 aliphatic heterocycles. The van der Waals surface area contributed by atoms with Gasteiger partial charge in [0.05, 0.1) is 0 Å². The zero-order valence-corrected chi connectivity index (χ0v) is 14.2. The summed E-state index contributed by atoms with van der Waals surface area (Å²) in [6.07, 6.45) is 15.4. The Kier molecular flexibility index (Phi) is 4.76. The fraction of sp³-hybridized carbons (Fsp3) is 1.00. The minimum absolute atomic E-state index is 0.497. The lowest BCUT2D eigenvalue weighted by atomic mass is 9.61. The van der Waals surface area contributed by atoms with Gasteiger partial charge in [-0.05, 0) is 88.0 Å². The van der Waals surface area contributed by atoms with Gasteiger partial charge in [0, 0.05) is 12.6 Å². The first-order valence-corrected chi connectivity index (χ1v) is 10.2. The molecule has 0 amide bonds. The van der Waals surface area contributed by atoms with E-state index in [1.54, 1.807) is 0 Å². The highest BCUT2D eigenvalue weighted by molar-refractivity contribution is 4.96. The van der Waals surface area contributed by atoms with Crippen molar-refractivity contribution in [1.82, 2.24) is 4.90 Å². The lowest BCUT2D eigenvalue weighted by Crippen LogP contribution is -2.53. The van der Waals surface area contributed by atoms with Gasteiger partial charge in [0.2, 0.25) is 0 Å². The first-order chi connectivity index (χ1) is 10.8. The van der Waals surface area contributed by atoms with E-state index in [1.807, 2.05) is 0 Å². The minimum Gasteiger partial charge on any atom is -0.300 e. The van der Waals surface area contributed by atoms with Gasteiger partial charge in [-0.1, -0.05) is 19.3 Å². The number of nitrogens with zero attached hydrogens (tertiary/aromatic N) is 1. The molecule has 1 nitrogen and oxygen atoms in total. The van der Waals surface area contributed by atoms with Gasteiger partial charge >= 0.3 is 0 Å². The number of hydrogen-bond acceptors (Lipinski definition) is 1. The molecule has 1 heterocycles. The van der Waals surface area contributed by atoms with Crippen LogP contribution in [0.2, 0.25) is 0 Å². The molecule has 4 fully saturated rings. The van der Waals surface area contributed by atoms with Crippen LogP contribution < -0.4 is 0 Å². The SMILES string of the molecule is FC1CCC(CN2CCCC3C4CCCCC4CCC32)CC1. The first kappa shape index (κ1) is 15.4. The third-order valence-electron chi connectivity index (χ3n) is 7.57. The summed E-state index contributed by atoms with van der Waals surface area (Å²) < 4.78 is 13.4. The molecule has 22 heavy (non-hydrogen) atoms. The normalized spacial score (nSPS) is 46.8. The van der Waals surface area contributed by atoms with Crippen LogP contribution in [-0.2, 0) is 0 Å². The molecule has 126 valence electrons. The van der Waals surface area contributed by atoms with Crippen molar-refractivity contribution in [3.05, 3.63) is 0 Å². The molecular formula is C20H34FN. The second-order valence-electron chi connectivity index (χ2n) is 8.77. The maximum Gasteiger partial charge on any atom is 0.100 e. The highest BCUT2D eigenvalue weighted by atomic mass is 19.1. The molecule has 0 radical (unpaired) electrons. The number of halogens is 1. The molecule has 4 rings (SSSR count). The van der Waals surface area contributed by atoms with Crippen LogP contribution in [0.5, 0.6) is 0 Å². The van der Waals surface area contributed by atoms with Crippen LogP contribution in [0.4, 0.5) is 4.39 Å². The fourth-order valence-electron chi connectivity index (χ4n) is 6.46. The second-order valence-corrected chi connectivity index (χ2v) is 8.77. The Morgan fingerprint density at radius 2 is 1.50 bits per heavy atom. The molecule has 0 aromatic rings. The first-order valence-electron chi connectivity index (χ1n) is 10.2. The topological polar surface area (TPSA) is 3.24 Å². The molecule has 4 aliphatic rings. The Hall–Kier alpha value is -0.110. The lowest BCUT2D eigenvalue weighted by molar-refractivity contribution is -0.0272.